The molecule has 7 atom stereocenters. The molecule has 0 amide bonds. The van der Waals surface area contributed by atoms with Crippen LogP contribution < -0.4 is 9.47 Å². The number of rotatable bonds is 7. The molecule has 0 aromatic heterocycles. The number of alkyl halides is 1. The van der Waals surface area contributed by atoms with Gasteiger partial charge in [0.15, 0.2) is 18.1 Å². The largest absolute Gasteiger partial charge is 0.457 e. The van der Waals surface area contributed by atoms with Gasteiger partial charge >= 0.3 is 17.9 Å². The quantitative estimate of drug-likeness (QED) is 0.289. The van der Waals surface area contributed by atoms with Crippen molar-refractivity contribution in [3.05, 3.63) is 77.9 Å². The Labute approximate surface area is 277 Å². The lowest BCUT2D eigenvalue weighted by atomic mass is 9.45. The van der Waals surface area contributed by atoms with Crippen molar-refractivity contribution in [1.82, 2.24) is 0 Å². The Morgan fingerprint density at radius 3 is 2.29 bits per heavy atom. The summed E-state index contributed by atoms with van der Waals surface area (Å²) >= 11 is 0. The molecule has 6 rings (SSSR count). The number of benzene rings is 2. The van der Waals surface area contributed by atoms with Crippen molar-refractivity contribution >= 4 is 23.7 Å². The molecular weight excluding hydrogens is 621 g/mol. The number of aliphatic hydroxyl groups excluding tert-OH is 1. The first-order valence-corrected chi connectivity index (χ1v) is 15.9. The van der Waals surface area contributed by atoms with Gasteiger partial charge in [0.1, 0.15) is 23.3 Å². The minimum absolute atomic E-state index is 0.0156. The molecule has 0 heterocycles. The molecule has 10 nitrogen and oxygen atoms in total. The fourth-order valence-electron chi connectivity index (χ4n) is 8.71. The number of ketones is 1. The van der Waals surface area contributed by atoms with Crippen LogP contribution in [-0.2, 0) is 23.9 Å². The Balaban J connectivity index is 1.27. The average molecular weight is 658 g/mol. The minimum atomic E-state index is -2.13. The van der Waals surface area contributed by atoms with E-state index in [2.05, 4.69) is 0 Å². The number of ether oxygens (including phenoxy) is 4. The highest BCUT2D eigenvalue weighted by Crippen LogP contribution is 2.70. The summed E-state index contributed by atoms with van der Waals surface area (Å²) in [6.45, 7) is 4.16. The smallest absolute Gasteiger partial charge is 0.352 e. The van der Waals surface area contributed by atoms with Crippen LogP contribution in [0.1, 0.15) is 63.2 Å². The second-order valence-corrected chi connectivity index (χ2v) is 13.4. The number of halogens is 1. The van der Waals surface area contributed by atoms with Crippen LogP contribution in [0.5, 0.6) is 17.2 Å². The van der Waals surface area contributed by atoms with Crippen molar-refractivity contribution < 1.29 is 47.6 Å². The van der Waals surface area contributed by atoms with Gasteiger partial charge in [-0.1, -0.05) is 18.6 Å². The predicted molar refractivity (Wildman–Crippen MR) is 167 cm³/mol. The van der Waals surface area contributed by atoms with E-state index >= 15 is 4.39 Å². The van der Waals surface area contributed by atoms with Gasteiger partial charge in [-0.05, 0) is 106 Å². The summed E-state index contributed by atoms with van der Waals surface area (Å²) in [7, 11) is 0. The molecule has 0 radical (unpaired) electrons. The van der Waals surface area contributed by atoms with Crippen LogP contribution in [0.4, 0.5) is 4.39 Å². The molecule has 4 aliphatic rings. The zero-order chi connectivity index (χ0) is 34.5. The second-order valence-electron chi connectivity index (χ2n) is 13.4. The lowest BCUT2D eigenvalue weighted by Gasteiger charge is -2.62. The Morgan fingerprint density at radius 1 is 1.00 bits per heavy atom. The third-order valence-electron chi connectivity index (χ3n) is 11.0. The number of carbonyl (C=O) groups is 4. The van der Waals surface area contributed by atoms with E-state index in [4.69, 9.17) is 18.9 Å². The van der Waals surface area contributed by atoms with Crippen molar-refractivity contribution in [2.45, 2.75) is 70.2 Å². The number of fused-ring (bicyclic) bond motifs is 5. The van der Waals surface area contributed by atoms with E-state index in [-0.39, 0.29) is 24.2 Å². The maximum absolute atomic E-state index is 17.6. The topological polar surface area (TPSA) is 149 Å². The highest BCUT2D eigenvalue weighted by atomic mass is 19.1. The molecule has 0 bridgehead atoms. The molecule has 1 N–H and O–H groups in total. The van der Waals surface area contributed by atoms with Crippen LogP contribution in [-0.4, -0.2) is 52.8 Å². The van der Waals surface area contributed by atoms with Crippen LogP contribution in [0.2, 0.25) is 0 Å². The molecule has 4 aliphatic carbocycles. The minimum Gasteiger partial charge on any atom is -0.457 e. The summed E-state index contributed by atoms with van der Waals surface area (Å²) in [4.78, 5) is 50.9. The first kappa shape index (κ1) is 33.1. The number of hydrogen-bond donors (Lipinski definition) is 1. The number of carbonyl (C=O) groups excluding carboxylic acids is 4. The summed E-state index contributed by atoms with van der Waals surface area (Å²) in [5.41, 5.74) is -5.75. The van der Waals surface area contributed by atoms with Gasteiger partial charge in [0.25, 0.3) is 0 Å². The molecule has 2 aromatic rings. The van der Waals surface area contributed by atoms with E-state index in [0.717, 1.165) is 0 Å². The van der Waals surface area contributed by atoms with E-state index in [0.29, 0.717) is 42.1 Å². The van der Waals surface area contributed by atoms with E-state index in [1.165, 1.54) is 31.2 Å². The van der Waals surface area contributed by atoms with Crippen LogP contribution in [0, 0.1) is 34.0 Å². The van der Waals surface area contributed by atoms with Crippen LogP contribution in [0.15, 0.2) is 72.3 Å². The Morgan fingerprint density at radius 2 is 1.65 bits per heavy atom. The van der Waals surface area contributed by atoms with Gasteiger partial charge in [0, 0.05) is 23.7 Å². The number of hydrogen-bond acceptors (Lipinski definition) is 10. The lowest BCUT2D eigenvalue weighted by Crippen LogP contribution is -2.69. The molecule has 3 saturated carbocycles. The van der Waals surface area contributed by atoms with Crippen LogP contribution >= 0.6 is 0 Å². The van der Waals surface area contributed by atoms with Gasteiger partial charge in [-0.2, -0.15) is 5.26 Å². The third-order valence-corrected chi connectivity index (χ3v) is 11.0. The van der Waals surface area contributed by atoms with Crippen molar-refractivity contribution in [3.8, 4) is 23.3 Å². The first-order chi connectivity index (χ1) is 22.8. The van der Waals surface area contributed by atoms with E-state index in [1.54, 1.807) is 62.4 Å². The Hall–Kier alpha value is -4.82. The Bertz CT molecular complexity index is 1760. The summed E-state index contributed by atoms with van der Waals surface area (Å²) in [6.07, 6.45) is 3.68. The molecule has 11 heteroatoms. The summed E-state index contributed by atoms with van der Waals surface area (Å²) < 4.78 is 39.8. The molecular formula is C37H36FNO9. The monoisotopic (exact) mass is 657 g/mol. The standard InChI is InChI=1S/C37H36FNO9/c1-22(40)46-26-9-11-28(12-10-26)47-27-7-4-23(5-8-27)32(43)48-36(33(44)45-19-18-39)17-15-29-30-13-6-24-20-25(41)14-16-34(24,2)37(30,38)31(42)21-35(29,36)3/h4-5,7-12,14,16,20,29-31,42H,6,13,15,17,19,21H2,1-3H3/t29-,30-,31-,34-,35-,36+,37?/m0/s1. The Kier molecular flexibility index (Phi) is 8.28. The highest BCUT2D eigenvalue weighted by Gasteiger charge is 2.76. The summed E-state index contributed by atoms with van der Waals surface area (Å²) in [6, 6.07) is 14.2. The van der Waals surface area contributed by atoms with Crippen LogP contribution in [0.25, 0.3) is 0 Å². The van der Waals surface area contributed by atoms with Gasteiger partial charge in [-0.15, -0.1) is 0 Å². The maximum atomic E-state index is 17.6. The zero-order valence-corrected chi connectivity index (χ0v) is 26.9. The lowest BCUT2D eigenvalue weighted by molar-refractivity contribution is -0.224. The number of allylic oxidation sites excluding steroid dienone is 4. The zero-order valence-electron chi connectivity index (χ0n) is 26.9. The number of nitrogens with zero attached hydrogens (tertiary/aromatic N) is 1. The number of aliphatic hydroxyl groups is 1. The third kappa shape index (κ3) is 5.10. The average Bonchev–Trinajstić information content (AvgIpc) is 3.33. The van der Waals surface area contributed by atoms with Crippen molar-refractivity contribution in [2.24, 2.45) is 22.7 Å². The van der Waals surface area contributed by atoms with Crippen molar-refractivity contribution in [3.63, 3.8) is 0 Å². The maximum Gasteiger partial charge on any atom is 0.352 e. The summed E-state index contributed by atoms with van der Waals surface area (Å²) in [5.74, 6) is -2.39. The van der Waals surface area contributed by atoms with Crippen LogP contribution in [0.3, 0.4) is 0 Å². The fourth-order valence-corrected chi connectivity index (χ4v) is 8.71. The van der Waals surface area contributed by atoms with Gasteiger partial charge in [0.05, 0.1) is 11.7 Å². The van der Waals surface area contributed by atoms with E-state index in [1.807, 2.05) is 0 Å². The number of esters is 3. The molecule has 48 heavy (non-hydrogen) atoms. The fraction of sp³-hybridized carbons (Fsp3) is 0.432. The normalized spacial score (nSPS) is 33.2. The molecule has 0 spiro atoms. The van der Waals surface area contributed by atoms with Crippen molar-refractivity contribution in [1.29, 1.82) is 5.26 Å². The molecule has 2 aromatic carbocycles. The van der Waals surface area contributed by atoms with Crippen molar-refractivity contribution in [2.75, 3.05) is 6.61 Å². The SMILES string of the molecule is CC(=O)Oc1ccc(Oc2ccc(C(=O)O[C@@]3(C(=O)OCC#N)CC[C@H]4[C@@H]5CCC6=CC(=O)C=C[C@]6(C)C5(F)[C@@H](O)C[C@@]43C)cc2)cc1. The van der Waals surface area contributed by atoms with Gasteiger partial charge < -0.3 is 24.1 Å². The molecule has 3 fully saturated rings. The summed E-state index contributed by atoms with van der Waals surface area (Å²) in [5, 5.41) is 20.9. The van der Waals surface area contributed by atoms with Gasteiger partial charge in [-0.3, -0.25) is 9.59 Å². The van der Waals surface area contributed by atoms with E-state index in [9.17, 15) is 29.5 Å². The molecule has 1 unspecified atom stereocenters. The molecule has 0 saturated heterocycles. The van der Waals surface area contributed by atoms with Gasteiger partial charge in [0.2, 0.25) is 5.60 Å². The number of nitriles is 1. The van der Waals surface area contributed by atoms with Gasteiger partial charge in [-0.25, -0.2) is 14.0 Å². The van der Waals surface area contributed by atoms with E-state index < -0.39 is 64.6 Å². The molecule has 0 aliphatic heterocycles. The predicted octanol–water partition coefficient (Wildman–Crippen LogP) is 5.74. The first-order valence-electron chi connectivity index (χ1n) is 15.9. The second kappa shape index (κ2) is 12.0. The highest BCUT2D eigenvalue weighted by molar-refractivity contribution is 6.01. The molecule has 250 valence electrons.